The van der Waals surface area contributed by atoms with Crippen molar-refractivity contribution in [3.8, 4) is 5.75 Å². The minimum atomic E-state index is -0.525. The van der Waals surface area contributed by atoms with Gasteiger partial charge in [-0.2, -0.15) is 0 Å². The van der Waals surface area contributed by atoms with E-state index >= 15 is 0 Å². The van der Waals surface area contributed by atoms with E-state index in [0.29, 0.717) is 11.3 Å². The number of aliphatic hydroxyl groups is 1. The minimum Gasteiger partial charge on any atom is -0.423 e. The average molecular weight is 296 g/mol. The summed E-state index contributed by atoms with van der Waals surface area (Å²) in [4.78, 5) is 11.8. The molecule has 0 atom stereocenters. The van der Waals surface area contributed by atoms with Crippen LogP contribution < -0.4 is 10.5 Å². The maximum Gasteiger partial charge on any atom is 0.336 e. The van der Waals surface area contributed by atoms with Crippen LogP contribution >= 0.6 is 0 Å². The molecule has 0 saturated carbocycles. The third kappa shape index (κ3) is 4.04. The van der Waals surface area contributed by atoms with E-state index in [1.54, 1.807) is 42.5 Å². The maximum absolute atomic E-state index is 11.8. The lowest BCUT2D eigenvalue weighted by molar-refractivity contribution is -0.128. The van der Waals surface area contributed by atoms with Gasteiger partial charge < -0.3 is 15.6 Å². The summed E-state index contributed by atoms with van der Waals surface area (Å²) < 4.78 is 5.14. The van der Waals surface area contributed by atoms with Gasteiger partial charge in [-0.05, 0) is 41.5 Å². The van der Waals surface area contributed by atoms with Crippen molar-refractivity contribution in [3.05, 3.63) is 71.3 Å². The summed E-state index contributed by atoms with van der Waals surface area (Å²) in [5, 5.41) is 16.5. The molecule has 0 fully saturated rings. The van der Waals surface area contributed by atoms with Crippen LogP contribution in [-0.4, -0.2) is 16.9 Å². The number of hydrogen-bond donors (Lipinski definition) is 3. The van der Waals surface area contributed by atoms with Gasteiger partial charge in [-0.25, -0.2) is 4.79 Å². The molecule has 4 N–H and O–H groups in total. The summed E-state index contributed by atoms with van der Waals surface area (Å²) in [6.07, 6.45) is 2.89. The van der Waals surface area contributed by atoms with Gasteiger partial charge in [0.25, 0.3) is 0 Å². The largest absolute Gasteiger partial charge is 0.423 e. The quantitative estimate of drug-likeness (QED) is 0.259. The van der Waals surface area contributed by atoms with E-state index in [1.807, 2.05) is 12.1 Å². The van der Waals surface area contributed by atoms with E-state index in [4.69, 9.17) is 15.9 Å². The van der Waals surface area contributed by atoms with E-state index in [2.05, 4.69) is 0 Å². The minimum absolute atomic E-state index is 0.0432. The molecule has 0 amide bonds. The van der Waals surface area contributed by atoms with E-state index in [-0.39, 0.29) is 12.4 Å². The van der Waals surface area contributed by atoms with Crippen molar-refractivity contribution in [2.24, 2.45) is 5.73 Å². The second kappa shape index (κ2) is 7.19. The van der Waals surface area contributed by atoms with Crippen LogP contribution in [0.2, 0.25) is 0 Å². The van der Waals surface area contributed by atoms with Crippen LogP contribution in [-0.2, 0) is 11.4 Å². The van der Waals surface area contributed by atoms with Crippen molar-refractivity contribution >= 4 is 17.9 Å². The van der Waals surface area contributed by atoms with Gasteiger partial charge in [-0.15, -0.1) is 0 Å². The Morgan fingerprint density at radius 2 is 1.86 bits per heavy atom. The number of ether oxygens (including phenoxy) is 1. The van der Waals surface area contributed by atoms with Gasteiger partial charge in [-0.3, -0.25) is 5.41 Å². The lowest BCUT2D eigenvalue weighted by atomic mass is 10.1. The Balaban J connectivity index is 2.03. The number of rotatable bonds is 5. The number of nitrogens with one attached hydrogen (secondary N) is 1. The number of carbonyl (C=O) groups excluding carboxylic acids is 1. The molecule has 0 aliphatic heterocycles. The molecule has 0 unspecified atom stereocenters. The second-order valence-corrected chi connectivity index (χ2v) is 4.55. The maximum atomic E-state index is 11.8. The standard InChI is InChI=1S/C17H16N2O3/c18-17(19)13-5-8-15(9-6-13)22-16(21)10-7-12-3-1-2-4-14(12)11-20/h1-10,20H,11H2,(H3,18,19)/b10-7+. The molecule has 0 saturated heterocycles. The number of aliphatic hydroxyl groups excluding tert-OH is 1. The number of carbonyl (C=O) groups is 1. The first kappa shape index (κ1) is 15.5. The van der Waals surface area contributed by atoms with Crippen LogP contribution in [0.4, 0.5) is 0 Å². The van der Waals surface area contributed by atoms with Gasteiger partial charge >= 0.3 is 5.97 Å². The SMILES string of the molecule is N=C(N)c1ccc(OC(=O)/C=C/c2ccccc2CO)cc1. The molecule has 0 bridgehead atoms. The first-order chi connectivity index (χ1) is 10.6. The highest BCUT2D eigenvalue weighted by Gasteiger charge is 2.03. The lowest BCUT2D eigenvalue weighted by Gasteiger charge is -2.03. The van der Waals surface area contributed by atoms with Crippen molar-refractivity contribution in [2.75, 3.05) is 0 Å². The van der Waals surface area contributed by atoms with Crippen LogP contribution in [0.5, 0.6) is 5.75 Å². The van der Waals surface area contributed by atoms with Gasteiger partial charge in [0.1, 0.15) is 11.6 Å². The third-order valence-electron chi connectivity index (χ3n) is 3.01. The fourth-order valence-corrected chi connectivity index (χ4v) is 1.85. The normalized spacial score (nSPS) is 10.6. The lowest BCUT2D eigenvalue weighted by Crippen LogP contribution is -2.11. The number of nitrogen functional groups attached to an aromatic ring is 1. The third-order valence-corrected chi connectivity index (χ3v) is 3.01. The number of amidine groups is 1. The molecule has 0 aromatic heterocycles. The molecule has 2 rings (SSSR count). The Morgan fingerprint density at radius 3 is 2.50 bits per heavy atom. The Kier molecular flexibility index (Phi) is 5.06. The fraction of sp³-hybridized carbons (Fsp3) is 0.0588. The van der Waals surface area contributed by atoms with Gasteiger partial charge in [-0.1, -0.05) is 24.3 Å². The zero-order valence-corrected chi connectivity index (χ0v) is 11.8. The zero-order chi connectivity index (χ0) is 15.9. The van der Waals surface area contributed by atoms with Crippen LogP contribution in [0.3, 0.4) is 0 Å². The van der Waals surface area contributed by atoms with E-state index in [0.717, 1.165) is 11.1 Å². The Hall–Kier alpha value is -2.92. The highest BCUT2D eigenvalue weighted by Crippen LogP contribution is 2.14. The number of esters is 1. The molecule has 0 spiro atoms. The zero-order valence-electron chi connectivity index (χ0n) is 11.8. The molecular weight excluding hydrogens is 280 g/mol. The fourth-order valence-electron chi connectivity index (χ4n) is 1.85. The van der Waals surface area contributed by atoms with Crippen molar-refractivity contribution in [3.63, 3.8) is 0 Å². The van der Waals surface area contributed by atoms with Gasteiger partial charge in [0.05, 0.1) is 6.61 Å². The van der Waals surface area contributed by atoms with E-state index in [9.17, 15) is 9.90 Å². The molecule has 0 heterocycles. The van der Waals surface area contributed by atoms with Gasteiger partial charge in [0, 0.05) is 11.6 Å². The molecule has 0 radical (unpaired) electrons. The summed E-state index contributed by atoms with van der Waals surface area (Å²) in [5.74, 6) is -0.197. The molecule has 2 aromatic rings. The Bertz CT molecular complexity index is 706. The summed E-state index contributed by atoms with van der Waals surface area (Å²) in [6, 6.07) is 13.6. The van der Waals surface area contributed by atoms with E-state index in [1.165, 1.54) is 6.08 Å². The van der Waals surface area contributed by atoms with Gasteiger partial charge in [0.2, 0.25) is 0 Å². The molecule has 5 nitrogen and oxygen atoms in total. The predicted octanol–water partition coefficient (Wildman–Crippen LogP) is 2.08. The molecule has 0 aliphatic rings. The first-order valence-corrected chi connectivity index (χ1v) is 6.63. The number of hydrogen-bond acceptors (Lipinski definition) is 4. The Labute approximate surface area is 128 Å². The monoisotopic (exact) mass is 296 g/mol. The highest BCUT2D eigenvalue weighted by atomic mass is 16.5. The summed E-state index contributed by atoms with van der Waals surface area (Å²) in [5.41, 5.74) is 7.40. The number of nitrogens with two attached hydrogens (primary N) is 1. The number of benzene rings is 2. The molecular formula is C17H16N2O3. The van der Waals surface area contributed by atoms with Crippen LogP contribution in [0.15, 0.2) is 54.6 Å². The van der Waals surface area contributed by atoms with Crippen molar-refractivity contribution in [2.45, 2.75) is 6.61 Å². The van der Waals surface area contributed by atoms with Crippen molar-refractivity contribution in [1.82, 2.24) is 0 Å². The van der Waals surface area contributed by atoms with E-state index < -0.39 is 5.97 Å². The Morgan fingerprint density at radius 1 is 1.18 bits per heavy atom. The molecule has 0 aliphatic carbocycles. The molecule has 112 valence electrons. The second-order valence-electron chi connectivity index (χ2n) is 4.55. The van der Waals surface area contributed by atoms with Gasteiger partial charge in [0.15, 0.2) is 0 Å². The predicted molar refractivity (Wildman–Crippen MR) is 84.5 cm³/mol. The average Bonchev–Trinajstić information content (AvgIpc) is 2.53. The van der Waals surface area contributed by atoms with Crippen LogP contribution in [0, 0.1) is 5.41 Å². The topological polar surface area (TPSA) is 96.4 Å². The smallest absolute Gasteiger partial charge is 0.336 e. The molecule has 5 heteroatoms. The van der Waals surface area contributed by atoms with Crippen LogP contribution in [0.25, 0.3) is 6.08 Å². The molecule has 22 heavy (non-hydrogen) atoms. The summed E-state index contributed by atoms with van der Waals surface area (Å²) in [7, 11) is 0. The van der Waals surface area contributed by atoms with Crippen LogP contribution in [0.1, 0.15) is 16.7 Å². The van der Waals surface area contributed by atoms with Crippen molar-refractivity contribution < 1.29 is 14.6 Å². The first-order valence-electron chi connectivity index (χ1n) is 6.63. The molecule has 2 aromatic carbocycles. The summed E-state index contributed by atoms with van der Waals surface area (Å²) >= 11 is 0. The summed E-state index contributed by atoms with van der Waals surface area (Å²) in [6.45, 7) is -0.0952. The van der Waals surface area contributed by atoms with Crippen molar-refractivity contribution in [1.29, 1.82) is 5.41 Å². The highest BCUT2D eigenvalue weighted by molar-refractivity contribution is 5.95.